The molecule has 0 aliphatic heterocycles. The van der Waals surface area contributed by atoms with Crippen LogP contribution in [0.2, 0.25) is 0 Å². The summed E-state index contributed by atoms with van der Waals surface area (Å²) in [6.45, 7) is 5.38. The van der Waals surface area contributed by atoms with Crippen LogP contribution in [0.25, 0.3) is 0 Å². The zero-order valence-corrected chi connectivity index (χ0v) is 13.4. The van der Waals surface area contributed by atoms with Crippen molar-refractivity contribution in [3.63, 3.8) is 0 Å². The number of rotatable bonds is 4. The molecule has 1 rings (SSSR count). The highest BCUT2D eigenvalue weighted by Crippen LogP contribution is 2.24. The SMILES string of the molecule is CSc1cccc(C(C=O)N(C)C(=O)OC(C)(C)C)c1. The van der Waals surface area contributed by atoms with Crippen LogP contribution < -0.4 is 0 Å². The molecular formula is C15H21NO3S. The molecule has 0 aliphatic carbocycles. The van der Waals surface area contributed by atoms with Crippen molar-refractivity contribution in [3.8, 4) is 0 Å². The van der Waals surface area contributed by atoms with Crippen molar-refractivity contribution in [2.24, 2.45) is 0 Å². The van der Waals surface area contributed by atoms with E-state index >= 15 is 0 Å². The Labute approximate surface area is 124 Å². The Bertz CT molecular complexity index is 482. The molecule has 1 amide bonds. The predicted molar refractivity (Wildman–Crippen MR) is 81.0 cm³/mol. The first kappa shape index (κ1) is 16.6. The smallest absolute Gasteiger partial charge is 0.410 e. The molecule has 0 bridgehead atoms. The summed E-state index contributed by atoms with van der Waals surface area (Å²) in [5, 5.41) is 0. The minimum absolute atomic E-state index is 0.510. The van der Waals surface area contributed by atoms with E-state index in [2.05, 4.69) is 0 Å². The molecule has 0 aliphatic rings. The fourth-order valence-corrected chi connectivity index (χ4v) is 2.14. The number of aldehydes is 1. The lowest BCUT2D eigenvalue weighted by Gasteiger charge is -2.28. The predicted octanol–water partition coefficient (Wildman–Crippen LogP) is 3.52. The minimum atomic E-state index is -0.642. The molecule has 110 valence electrons. The molecule has 0 spiro atoms. The normalized spacial score (nSPS) is 12.7. The van der Waals surface area contributed by atoms with Gasteiger partial charge in [-0.15, -0.1) is 11.8 Å². The lowest BCUT2D eigenvalue weighted by atomic mass is 10.1. The van der Waals surface area contributed by atoms with E-state index < -0.39 is 17.7 Å². The molecule has 0 heterocycles. The maximum Gasteiger partial charge on any atom is 0.410 e. The van der Waals surface area contributed by atoms with Gasteiger partial charge in [0.1, 0.15) is 17.9 Å². The molecular weight excluding hydrogens is 274 g/mol. The van der Waals surface area contributed by atoms with Gasteiger partial charge in [-0.2, -0.15) is 0 Å². The van der Waals surface area contributed by atoms with E-state index in [9.17, 15) is 9.59 Å². The van der Waals surface area contributed by atoms with Gasteiger partial charge >= 0.3 is 6.09 Å². The van der Waals surface area contributed by atoms with Crippen molar-refractivity contribution >= 4 is 24.1 Å². The lowest BCUT2D eigenvalue weighted by molar-refractivity contribution is -0.112. The average Bonchev–Trinajstić information content (AvgIpc) is 2.37. The van der Waals surface area contributed by atoms with Gasteiger partial charge in [-0.3, -0.25) is 4.90 Å². The van der Waals surface area contributed by atoms with E-state index in [0.717, 1.165) is 16.7 Å². The summed E-state index contributed by atoms with van der Waals surface area (Å²) < 4.78 is 5.28. The van der Waals surface area contributed by atoms with Crippen LogP contribution in [-0.4, -0.2) is 36.2 Å². The van der Waals surface area contributed by atoms with Gasteiger partial charge in [-0.05, 0) is 44.7 Å². The zero-order chi connectivity index (χ0) is 15.3. The summed E-state index contributed by atoms with van der Waals surface area (Å²) in [4.78, 5) is 25.8. The number of hydrogen-bond acceptors (Lipinski definition) is 4. The first-order chi connectivity index (χ1) is 9.28. The lowest BCUT2D eigenvalue weighted by Crippen LogP contribution is -2.37. The summed E-state index contributed by atoms with van der Waals surface area (Å²) in [5.41, 5.74) is 0.195. The van der Waals surface area contributed by atoms with Crippen LogP contribution in [0.5, 0.6) is 0 Å². The fourth-order valence-electron chi connectivity index (χ4n) is 1.67. The standard InChI is InChI=1S/C15H21NO3S/c1-15(2,3)19-14(18)16(4)13(10-17)11-7-6-8-12(9-11)20-5/h6-10,13H,1-5H3. The summed E-state index contributed by atoms with van der Waals surface area (Å²) in [6, 6.07) is 6.94. The molecule has 20 heavy (non-hydrogen) atoms. The molecule has 0 N–H and O–H groups in total. The molecule has 4 nitrogen and oxygen atoms in total. The maximum atomic E-state index is 12.0. The number of likely N-dealkylation sites (N-methyl/N-ethyl adjacent to an activating group) is 1. The van der Waals surface area contributed by atoms with Gasteiger partial charge in [0, 0.05) is 11.9 Å². The van der Waals surface area contributed by atoms with E-state index in [4.69, 9.17) is 4.74 Å². The molecule has 5 heteroatoms. The van der Waals surface area contributed by atoms with Crippen molar-refractivity contribution < 1.29 is 14.3 Å². The van der Waals surface area contributed by atoms with Crippen LogP contribution in [0.3, 0.4) is 0 Å². The van der Waals surface area contributed by atoms with E-state index in [1.807, 2.05) is 30.5 Å². The third-order valence-electron chi connectivity index (χ3n) is 2.66. The molecule has 0 saturated carbocycles. The number of carbonyl (C=O) groups excluding carboxylic acids is 2. The van der Waals surface area contributed by atoms with Crippen molar-refractivity contribution in [2.45, 2.75) is 37.3 Å². The number of nitrogens with zero attached hydrogens (tertiary/aromatic N) is 1. The Morgan fingerprint density at radius 1 is 1.40 bits per heavy atom. The highest BCUT2D eigenvalue weighted by atomic mass is 32.2. The third-order valence-corrected chi connectivity index (χ3v) is 3.39. The number of benzene rings is 1. The average molecular weight is 295 g/mol. The van der Waals surface area contributed by atoms with E-state index in [-0.39, 0.29) is 0 Å². The van der Waals surface area contributed by atoms with Crippen molar-refractivity contribution in [2.75, 3.05) is 13.3 Å². The van der Waals surface area contributed by atoms with Gasteiger partial charge in [0.15, 0.2) is 0 Å². The molecule has 1 atom stereocenters. The third kappa shape index (κ3) is 4.56. The highest BCUT2D eigenvalue weighted by molar-refractivity contribution is 7.98. The molecule has 0 aromatic heterocycles. The molecule has 0 saturated heterocycles. The summed E-state index contributed by atoms with van der Waals surface area (Å²) in [6.07, 6.45) is 2.21. The molecule has 1 aromatic rings. The Balaban J connectivity index is 2.94. The molecule has 0 radical (unpaired) electrons. The second-order valence-corrected chi connectivity index (χ2v) is 6.33. The van der Waals surface area contributed by atoms with E-state index in [0.29, 0.717) is 0 Å². The van der Waals surface area contributed by atoms with Crippen LogP contribution in [0.1, 0.15) is 32.4 Å². The van der Waals surface area contributed by atoms with Crippen molar-refractivity contribution in [1.29, 1.82) is 0 Å². The van der Waals surface area contributed by atoms with Gasteiger partial charge in [-0.1, -0.05) is 12.1 Å². The van der Waals surface area contributed by atoms with Crippen LogP contribution >= 0.6 is 11.8 Å². The first-order valence-corrected chi connectivity index (χ1v) is 7.56. The zero-order valence-electron chi connectivity index (χ0n) is 12.5. The van der Waals surface area contributed by atoms with Gasteiger partial charge in [-0.25, -0.2) is 4.79 Å². The number of hydrogen-bond donors (Lipinski definition) is 0. The summed E-state index contributed by atoms with van der Waals surface area (Å²) in [5.74, 6) is 0. The number of carbonyl (C=O) groups is 2. The van der Waals surface area contributed by atoms with E-state index in [1.165, 1.54) is 4.90 Å². The van der Waals surface area contributed by atoms with Crippen LogP contribution in [0, 0.1) is 0 Å². The largest absolute Gasteiger partial charge is 0.444 e. The second-order valence-electron chi connectivity index (χ2n) is 5.45. The summed E-state index contributed by atoms with van der Waals surface area (Å²) >= 11 is 1.59. The number of thioether (sulfide) groups is 1. The Kier molecular flexibility index (Phi) is 5.62. The molecule has 1 unspecified atom stereocenters. The monoisotopic (exact) mass is 295 g/mol. The Hall–Kier alpha value is -1.49. The highest BCUT2D eigenvalue weighted by Gasteiger charge is 2.26. The summed E-state index contributed by atoms with van der Waals surface area (Å²) in [7, 11) is 1.57. The van der Waals surface area contributed by atoms with Crippen molar-refractivity contribution in [3.05, 3.63) is 29.8 Å². The van der Waals surface area contributed by atoms with E-state index in [1.54, 1.807) is 39.6 Å². The topological polar surface area (TPSA) is 46.6 Å². The minimum Gasteiger partial charge on any atom is -0.444 e. The van der Waals surface area contributed by atoms with Gasteiger partial charge in [0.25, 0.3) is 0 Å². The molecule has 0 fully saturated rings. The van der Waals surface area contributed by atoms with Crippen LogP contribution in [0.4, 0.5) is 4.79 Å². The van der Waals surface area contributed by atoms with Crippen LogP contribution in [0.15, 0.2) is 29.2 Å². The number of ether oxygens (including phenoxy) is 1. The molecule has 1 aromatic carbocycles. The quantitative estimate of drug-likeness (QED) is 0.630. The number of amides is 1. The maximum absolute atomic E-state index is 12.0. The fraction of sp³-hybridized carbons (Fsp3) is 0.467. The Morgan fingerprint density at radius 2 is 2.05 bits per heavy atom. The second kappa shape index (κ2) is 6.79. The van der Waals surface area contributed by atoms with Crippen LogP contribution in [-0.2, 0) is 9.53 Å². The van der Waals surface area contributed by atoms with Gasteiger partial charge < -0.3 is 9.53 Å². The first-order valence-electron chi connectivity index (χ1n) is 6.33. The van der Waals surface area contributed by atoms with Gasteiger partial charge in [0.2, 0.25) is 0 Å². The van der Waals surface area contributed by atoms with Gasteiger partial charge in [0.05, 0.1) is 0 Å². The van der Waals surface area contributed by atoms with Crippen molar-refractivity contribution in [1.82, 2.24) is 4.90 Å². The Morgan fingerprint density at radius 3 is 2.55 bits per heavy atom.